The molecule has 33 heavy (non-hydrogen) atoms. The van der Waals surface area contributed by atoms with E-state index in [1.807, 2.05) is 18.2 Å². The van der Waals surface area contributed by atoms with Crippen LogP contribution < -0.4 is 20.9 Å². The molecule has 1 fully saturated rings. The lowest BCUT2D eigenvalue weighted by atomic mass is 10.0. The summed E-state index contributed by atoms with van der Waals surface area (Å²) in [6.45, 7) is 3.09. The van der Waals surface area contributed by atoms with E-state index < -0.39 is 5.91 Å². The smallest absolute Gasteiger partial charge is 0.240 e. The molecule has 4 N–H and O–H groups in total. The van der Waals surface area contributed by atoms with Crippen molar-refractivity contribution < 1.29 is 14.3 Å². The second-order valence-electron chi connectivity index (χ2n) is 7.16. The summed E-state index contributed by atoms with van der Waals surface area (Å²) in [5.74, 6) is 0.711. The maximum Gasteiger partial charge on any atom is 0.240 e. The molecule has 0 saturated heterocycles. The lowest BCUT2D eigenvalue weighted by Crippen LogP contribution is -2.04. The van der Waals surface area contributed by atoms with Gasteiger partial charge in [-0.25, -0.2) is 9.97 Å². The maximum absolute atomic E-state index is 9.47. The molecule has 0 radical (unpaired) electrons. The van der Waals surface area contributed by atoms with Gasteiger partial charge in [0.15, 0.2) is 0 Å². The highest BCUT2D eigenvalue weighted by Crippen LogP contribution is 2.46. The summed E-state index contributed by atoms with van der Waals surface area (Å²) in [7, 11) is 3.07. The first-order chi connectivity index (χ1) is 15.8. The molecule has 1 heterocycles. The summed E-state index contributed by atoms with van der Waals surface area (Å²) in [6.07, 6.45) is 10.2. The second-order valence-corrected chi connectivity index (χ2v) is 7.92. The van der Waals surface area contributed by atoms with Crippen molar-refractivity contribution in [2.75, 3.05) is 20.0 Å². The number of primary amides is 1. The number of ether oxygens (including phenoxy) is 2. The number of nitrogens with zero attached hydrogens (tertiary/aromatic N) is 2. The minimum absolute atomic E-state index is 0.226. The Morgan fingerprint density at radius 1 is 1.03 bits per heavy atom. The van der Waals surface area contributed by atoms with E-state index in [9.17, 15) is 4.79 Å². The van der Waals surface area contributed by atoms with Crippen LogP contribution in [0.1, 0.15) is 32.1 Å². The number of halogens is 2. The molecule has 0 spiro atoms. The summed E-state index contributed by atoms with van der Waals surface area (Å²) < 4.78 is 10.6. The van der Waals surface area contributed by atoms with Crippen LogP contribution in [0, 0.1) is 0 Å². The minimum Gasteiger partial charge on any atom is -0.495 e. The van der Waals surface area contributed by atoms with Crippen molar-refractivity contribution >= 4 is 46.0 Å². The van der Waals surface area contributed by atoms with Crippen molar-refractivity contribution in [1.82, 2.24) is 9.97 Å². The van der Waals surface area contributed by atoms with Gasteiger partial charge in [-0.05, 0) is 23.8 Å². The maximum atomic E-state index is 9.47. The quantitative estimate of drug-likeness (QED) is 0.445. The van der Waals surface area contributed by atoms with E-state index in [2.05, 4.69) is 22.3 Å². The number of carbonyl (C=O) groups excluding carboxylic acids is 1. The van der Waals surface area contributed by atoms with Gasteiger partial charge in [0, 0.05) is 23.2 Å². The Hall–Kier alpha value is -3.03. The monoisotopic (exact) mass is 490 g/mol. The molecule has 1 saturated carbocycles. The zero-order valence-corrected chi connectivity index (χ0v) is 20.2. The zero-order valence-electron chi connectivity index (χ0n) is 18.7. The van der Waals surface area contributed by atoms with Gasteiger partial charge in [0.1, 0.15) is 11.5 Å². The van der Waals surface area contributed by atoms with E-state index in [0.717, 1.165) is 22.5 Å². The standard InChI is InChI=1S/C16H13Cl2N3O2.C5H10.C3H5NO/c1-22-11-6-12(23-2)15(18)13(14(11)17)8-3-4-10-9(5-8)7-20-16(19)21-10;1-2-4-5-3-1;1-2-3(4)5/h3-7H,1-2H3,(H2,19,20,21);1-5H2;2H,1H2,(H2,4,5). The van der Waals surface area contributed by atoms with E-state index in [0.29, 0.717) is 27.1 Å². The lowest BCUT2D eigenvalue weighted by molar-refractivity contribution is -0.113. The van der Waals surface area contributed by atoms with Crippen LogP contribution in [0.5, 0.6) is 11.5 Å². The molecule has 1 aliphatic rings. The fourth-order valence-electron chi connectivity index (χ4n) is 3.23. The van der Waals surface area contributed by atoms with Gasteiger partial charge in [0.2, 0.25) is 11.9 Å². The van der Waals surface area contributed by atoms with Crippen molar-refractivity contribution in [1.29, 1.82) is 0 Å². The van der Waals surface area contributed by atoms with Crippen LogP contribution in [0.15, 0.2) is 43.1 Å². The number of rotatable bonds is 4. The summed E-state index contributed by atoms with van der Waals surface area (Å²) in [5, 5.41) is 1.65. The lowest BCUT2D eigenvalue weighted by Gasteiger charge is -2.15. The third-order valence-corrected chi connectivity index (χ3v) is 5.66. The van der Waals surface area contributed by atoms with Crippen LogP contribution >= 0.6 is 23.2 Å². The first-order valence-electron chi connectivity index (χ1n) is 10.4. The Kier molecular flexibility index (Phi) is 10.2. The Balaban J connectivity index is 0.000000320. The normalized spacial score (nSPS) is 12.1. The second kappa shape index (κ2) is 12.9. The highest BCUT2D eigenvalue weighted by molar-refractivity contribution is 6.41. The van der Waals surface area contributed by atoms with Gasteiger partial charge in [-0.1, -0.05) is 68.0 Å². The zero-order chi connectivity index (χ0) is 24.4. The number of hydrogen-bond acceptors (Lipinski definition) is 6. The van der Waals surface area contributed by atoms with E-state index in [1.165, 1.54) is 46.3 Å². The van der Waals surface area contributed by atoms with Gasteiger partial charge in [-0.2, -0.15) is 0 Å². The molecule has 1 aliphatic carbocycles. The molecular formula is C24H28Cl2N4O3. The predicted octanol–water partition coefficient (Wildman–Crippen LogP) is 5.81. The Labute approximate surface area is 203 Å². The molecule has 0 unspecified atom stereocenters. The van der Waals surface area contributed by atoms with Gasteiger partial charge in [-0.3, -0.25) is 4.79 Å². The van der Waals surface area contributed by atoms with Gasteiger partial charge >= 0.3 is 0 Å². The number of nitrogen functional groups attached to an aromatic ring is 1. The molecule has 4 rings (SSSR count). The molecule has 1 amide bonds. The molecule has 3 aromatic rings. The van der Waals surface area contributed by atoms with Crippen molar-refractivity contribution in [3.05, 3.63) is 53.2 Å². The third kappa shape index (κ3) is 7.23. The molecule has 1 aromatic heterocycles. The summed E-state index contributed by atoms with van der Waals surface area (Å²) >= 11 is 12.9. The summed E-state index contributed by atoms with van der Waals surface area (Å²) in [4.78, 5) is 17.7. The van der Waals surface area contributed by atoms with Gasteiger partial charge in [0.25, 0.3) is 0 Å². The Bertz CT molecular complexity index is 1080. The number of amides is 1. The van der Waals surface area contributed by atoms with Crippen LogP contribution in [0.4, 0.5) is 5.95 Å². The molecule has 0 aliphatic heterocycles. The van der Waals surface area contributed by atoms with Crippen LogP contribution in [0.3, 0.4) is 0 Å². The number of methoxy groups -OCH3 is 2. The van der Waals surface area contributed by atoms with Crippen LogP contribution in [0.25, 0.3) is 22.0 Å². The molecule has 7 nitrogen and oxygen atoms in total. The highest BCUT2D eigenvalue weighted by atomic mass is 35.5. The van der Waals surface area contributed by atoms with E-state index in [4.69, 9.17) is 38.4 Å². The van der Waals surface area contributed by atoms with E-state index in [1.54, 1.807) is 12.3 Å². The largest absolute Gasteiger partial charge is 0.495 e. The van der Waals surface area contributed by atoms with Crippen molar-refractivity contribution in [2.45, 2.75) is 32.1 Å². The molecule has 0 bridgehead atoms. The van der Waals surface area contributed by atoms with E-state index in [-0.39, 0.29) is 5.95 Å². The number of nitrogens with two attached hydrogens (primary N) is 2. The van der Waals surface area contributed by atoms with Crippen LogP contribution in [0.2, 0.25) is 10.0 Å². The van der Waals surface area contributed by atoms with Crippen molar-refractivity contribution in [3.8, 4) is 22.6 Å². The Morgan fingerprint density at radius 2 is 1.55 bits per heavy atom. The molecular weight excluding hydrogens is 463 g/mol. The first-order valence-corrected chi connectivity index (χ1v) is 11.1. The van der Waals surface area contributed by atoms with E-state index >= 15 is 0 Å². The Morgan fingerprint density at radius 3 is 2.00 bits per heavy atom. The number of carbonyl (C=O) groups is 1. The third-order valence-electron chi connectivity index (χ3n) is 4.91. The number of fused-ring (bicyclic) bond motifs is 1. The van der Waals surface area contributed by atoms with Crippen LogP contribution in [-0.2, 0) is 4.79 Å². The first kappa shape index (κ1) is 26.2. The van der Waals surface area contributed by atoms with Crippen LogP contribution in [-0.4, -0.2) is 30.1 Å². The molecule has 9 heteroatoms. The van der Waals surface area contributed by atoms with Gasteiger partial charge < -0.3 is 20.9 Å². The van der Waals surface area contributed by atoms with Gasteiger partial charge in [0.05, 0.1) is 29.8 Å². The molecule has 176 valence electrons. The fourth-order valence-corrected chi connectivity index (χ4v) is 3.95. The topological polar surface area (TPSA) is 113 Å². The molecule has 0 atom stereocenters. The van der Waals surface area contributed by atoms with Crippen molar-refractivity contribution in [3.63, 3.8) is 0 Å². The average molecular weight is 491 g/mol. The number of benzene rings is 2. The fraction of sp³-hybridized carbons (Fsp3) is 0.292. The number of aromatic nitrogens is 2. The summed E-state index contributed by atoms with van der Waals surface area (Å²) in [6, 6.07) is 7.24. The summed E-state index contributed by atoms with van der Waals surface area (Å²) in [5.41, 5.74) is 12.3. The number of anilines is 1. The predicted molar refractivity (Wildman–Crippen MR) is 135 cm³/mol. The average Bonchev–Trinajstić information content (AvgIpc) is 3.40. The highest BCUT2D eigenvalue weighted by Gasteiger charge is 2.19. The number of hydrogen-bond donors (Lipinski definition) is 2. The van der Waals surface area contributed by atoms with Gasteiger partial charge in [-0.15, -0.1) is 0 Å². The SMILES string of the molecule is C1CCCC1.C=CC(N)=O.COc1cc(OC)c(Cl)c(-c2ccc3nc(N)ncc3c2)c1Cl. The van der Waals surface area contributed by atoms with Crippen molar-refractivity contribution in [2.24, 2.45) is 5.73 Å². The molecule has 2 aromatic carbocycles. The minimum atomic E-state index is -0.481.